The molecule has 0 aliphatic heterocycles. The summed E-state index contributed by atoms with van der Waals surface area (Å²) in [6, 6.07) is 11.4. The summed E-state index contributed by atoms with van der Waals surface area (Å²) in [4.78, 5) is 12.3. The Morgan fingerprint density at radius 1 is 1.31 bits per heavy atom. The first-order valence-corrected chi connectivity index (χ1v) is 9.30. The van der Waals surface area contributed by atoms with Crippen molar-refractivity contribution < 1.29 is 9.21 Å². The summed E-state index contributed by atoms with van der Waals surface area (Å²) in [6.45, 7) is 6.37. The minimum absolute atomic E-state index is 0.0800. The summed E-state index contributed by atoms with van der Waals surface area (Å²) in [7, 11) is 0. The highest BCUT2D eigenvalue weighted by Gasteiger charge is 2.16. The molecule has 134 valence electrons. The molecule has 0 saturated carbocycles. The minimum Gasteiger partial charge on any atom is -0.461 e. The molecule has 3 rings (SSSR count). The Kier molecular flexibility index (Phi) is 5.91. The number of anilines is 1. The van der Waals surface area contributed by atoms with Crippen molar-refractivity contribution in [3.63, 3.8) is 0 Å². The molecule has 2 heterocycles. The number of hydrogen-bond donors (Lipinski definition) is 1. The molecule has 1 amide bonds. The second-order valence-electron chi connectivity index (χ2n) is 5.53. The van der Waals surface area contributed by atoms with Crippen LogP contribution in [0.2, 0.25) is 0 Å². The number of benzene rings is 1. The van der Waals surface area contributed by atoms with Crippen LogP contribution in [0.4, 0.5) is 5.69 Å². The number of allylic oxidation sites excluding steroid dienone is 1. The highest BCUT2D eigenvalue weighted by molar-refractivity contribution is 7.99. The van der Waals surface area contributed by atoms with E-state index in [2.05, 4.69) is 29.0 Å². The summed E-state index contributed by atoms with van der Waals surface area (Å²) in [5.74, 6) is 1.41. The first kappa shape index (κ1) is 18.0. The maximum Gasteiger partial charge on any atom is 0.234 e. The third-order valence-corrected chi connectivity index (χ3v) is 4.74. The minimum atomic E-state index is -0.0800. The number of rotatable bonds is 8. The van der Waals surface area contributed by atoms with Crippen molar-refractivity contribution in [3.05, 3.63) is 60.9 Å². The number of hydrogen-bond acceptors (Lipinski definition) is 5. The largest absolute Gasteiger partial charge is 0.461 e. The smallest absolute Gasteiger partial charge is 0.234 e. The van der Waals surface area contributed by atoms with Crippen LogP contribution in [0.25, 0.3) is 11.6 Å². The molecule has 0 aliphatic rings. The van der Waals surface area contributed by atoms with Gasteiger partial charge in [-0.3, -0.25) is 9.36 Å². The molecule has 3 aromatic rings. The SMILES string of the molecule is C=CCn1c(SCC(=O)Nc2ccccc2CC)nnc1-c1ccco1. The van der Waals surface area contributed by atoms with E-state index in [1.54, 1.807) is 18.4 Å². The van der Waals surface area contributed by atoms with Gasteiger partial charge in [0.25, 0.3) is 0 Å². The molecule has 26 heavy (non-hydrogen) atoms. The van der Waals surface area contributed by atoms with Gasteiger partial charge in [-0.1, -0.05) is 43.0 Å². The van der Waals surface area contributed by atoms with E-state index in [4.69, 9.17) is 4.42 Å². The lowest BCUT2D eigenvalue weighted by Gasteiger charge is -2.10. The van der Waals surface area contributed by atoms with Crippen LogP contribution in [0.15, 0.2) is 64.9 Å². The molecular formula is C19H20N4O2S. The Bertz CT molecular complexity index is 887. The van der Waals surface area contributed by atoms with Gasteiger partial charge in [-0.15, -0.1) is 16.8 Å². The number of nitrogens with one attached hydrogen (secondary N) is 1. The van der Waals surface area contributed by atoms with E-state index in [0.29, 0.717) is 23.3 Å². The highest BCUT2D eigenvalue weighted by Crippen LogP contribution is 2.25. The second-order valence-corrected chi connectivity index (χ2v) is 6.47. The van der Waals surface area contributed by atoms with Gasteiger partial charge in [0, 0.05) is 12.2 Å². The third-order valence-electron chi connectivity index (χ3n) is 3.77. The van der Waals surface area contributed by atoms with Gasteiger partial charge in [-0.2, -0.15) is 0 Å². The Balaban J connectivity index is 1.69. The van der Waals surface area contributed by atoms with Gasteiger partial charge < -0.3 is 9.73 Å². The van der Waals surface area contributed by atoms with E-state index in [1.165, 1.54) is 11.8 Å². The molecule has 0 atom stereocenters. The maximum atomic E-state index is 12.3. The number of carbonyl (C=O) groups excluding carboxylic acids is 1. The summed E-state index contributed by atoms with van der Waals surface area (Å²) in [5.41, 5.74) is 1.96. The predicted molar refractivity (Wildman–Crippen MR) is 103 cm³/mol. The van der Waals surface area contributed by atoms with Gasteiger partial charge in [0.2, 0.25) is 11.7 Å². The van der Waals surface area contributed by atoms with Crippen LogP contribution in [0.1, 0.15) is 12.5 Å². The van der Waals surface area contributed by atoms with Crippen LogP contribution >= 0.6 is 11.8 Å². The normalized spacial score (nSPS) is 10.7. The highest BCUT2D eigenvalue weighted by atomic mass is 32.2. The van der Waals surface area contributed by atoms with Crippen LogP contribution in [-0.2, 0) is 17.8 Å². The first-order chi connectivity index (χ1) is 12.7. The fraction of sp³-hybridized carbons (Fsp3) is 0.211. The number of carbonyl (C=O) groups is 1. The molecule has 2 aromatic heterocycles. The molecule has 6 nitrogen and oxygen atoms in total. The van der Waals surface area contributed by atoms with Crippen molar-refractivity contribution in [2.24, 2.45) is 0 Å². The van der Waals surface area contributed by atoms with Crippen molar-refractivity contribution in [2.45, 2.75) is 25.0 Å². The Labute approximate surface area is 156 Å². The van der Waals surface area contributed by atoms with E-state index in [1.807, 2.05) is 34.9 Å². The standard InChI is InChI=1S/C19H20N4O2S/c1-3-11-23-18(16-10-7-12-25-16)21-22-19(23)26-13-17(24)20-15-9-6-5-8-14(15)4-2/h3,5-10,12H,1,4,11,13H2,2H3,(H,20,24). The van der Waals surface area contributed by atoms with Crippen LogP contribution < -0.4 is 5.32 Å². The van der Waals surface area contributed by atoms with Crippen molar-refractivity contribution in [2.75, 3.05) is 11.1 Å². The third kappa shape index (κ3) is 4.05. The number of nitrogens with zero attached hydrogens (tertiary/aromatic N) is 3. The topological polar surface area (TPSA) is 73.0 Å². The zero-order valence-corrected chi connectivity index (χ0v) is 15.3. The number of amides is 1. The maximum absolute atomic E-state index is 12.3. The molecule has 0 aliphatic carbocycles. The fourth-order valence-corrected chi connectivity index (χ4v) is 3.29. The predicted octanol–water partition coefficient (Wildman–Crippen LogP) is 4.02. The van der Waals surface area contributed by atoms with Crippen molar-refractivity contribution >= 4 is 23.4 Å². The zero-order valence-electron chi connectivity index (χ0n) is 14.5. The average molecular weight is 368 g/mol. The molecule has 7 heteroatoms. The first-order valence-electron chi connectivity index (χ1n) is 8.31. The van der Waals surface area contributed by atoms with E-state index in [-0.39, 0.29) is 11.7 Å². The molecule has 0 saturated heterocycles. The number of aromatic nitrogens is 3. The van der Waals surface area contributed by atoms with Crippen LogP contribution in [0.3, 0.4) is 0 Å². The summed E-state index contributed by atoms with van der Waals surface area (Å²) in [5, 5.41) is 12.0. The van der Waals surface area contributed by atoms with Crippen molar-refractivity contribution in [1.82, 2.24) is 14.8 Å². The van der Waals surface area contributed by atoms with E-state index in [9.17, 15) is 4.79 Å². The molecule has 0 fully saturated rings. The van der Waals surface area contributed by atoms with Crippen LogP contribution in [-0.4, -0.2) is 26.4 Å². The zero-order chi connectivity index (χ0) is 18.4. The van der Waals surface area contributed by atoms with Crippen molar-refractivity contribution in [1.29, 1.82) is 0 Å². The van der Waals surface area contributed by atoms with Crippen molar-refractivity contribution in [3.8, 4) is 11.6 Å². The number of furan rings is 1. The summed E-state index contributed by atoms with van der Waals surface area (Å²) < 4.78 is 7.28. The molecule has 1 aromatic carbocycles. The number of thioether (sulfide) groups is 1. The molecular weight excluding hydrogens is 348 g/mol. The van der Waals surface area contributed by atoms with Crippen LogP contribution in [0, 0.1) is 0 Å². The molecule has 0 spiro atoms. The lowest BCUT2D eigenvalue weighted by molar-refractivity contribution is -0.113. The van der Waals surface area contributed by atoms with Gasteiger partial charge in [0.15, 0.2) is 10.9 Å². The molecule has 0 radical (unpaired) electrons. The Hall–Kier alpha value is -2.80. The molecule has 1 N–H and O–H groups in total. The van der Waals surface area contributed by atoms with E-state index >= 15 is 0 Å². The Morgan fingerprint density at radius 2 is 2.15 bits per heavy atom. The van der Waals surface area contributed by atoms with Gasteiger partial charge in [-0.05, 0) is 30.2 Å². The summed E-state index contributed by atoms with van der Waals surface area (Å²) >= 11 is 1.33. The van der Waals surface area contributed by atoms with Gasteiger partial charge in [0.1, 0.15) is 0 Å². The van der Waals surface area contributed by atoms with Crippen LogP contribution in [0.5, 0.6) is 0 Å². The van der Waals surface area contributed by atoms with E-state index in [0.717, 1.165) is 17.7 Å². The summed E-state index contributed by atoms with van der Waals surface area (Å²) in [6.07, 6.45) is 4.22. The lowest BCUT2D eigenvalue weighted by Crippen LogP contribution is -2.15. The lowest BCUT2D eigenvalue weighted by atomic mass is 10.1. The van der Waals surface area contributed by atoms with Gasteiger partial charge in [-0.25, -0.2) is 0 Å². The van der Waals surface area contributed by atoms with Gasteiger partial charge >= 0.3 is 0 Å². The fourth-order valence-electron chi connectivity index (χ4n) is 2.54. The molecule has 0 bridgehead atoms. The quantitative estimate of drug-likeness (QED) is 0.480. The monoisotopic (exact) mass is 368 g/mol. The Morgan fingerprint density at radius 3 is 2.88 bits per heavy atom. The van der Waals surface area contributed by atoms with Gasteiger partial charge in [0.05, 0.1) is 12.0 Å². The number of para-hydroxylation sites is 1. The molecule has 0 unspecified atom stereocenters. The number of aryl methyl sites for hydroxylation is 1. The van der Waals surface area contributed by atoms with E-state index < -0.39 is 0 Å². The average Bonchev–Trinajstić information content (AvgIpc) is 3.30. The second kappa shape index (κ2) is 8.53.